The highest BCUT2D eigenvalue weighted by Crippen LogP contribution is 2.35. The van der Waals surface area contributed by atoms with Crippen LogP contribution >= 0.6 is 11.3 Å². The molecule has 2 aromatic carbocycles. The van der Waals surface area contributed by atoms with Gasteiger partial charge in [-0.15, -0.1) is 6.58 Å². The Morgan fingerprint density at radius 1 is 1.20 bits per heavy atom. The van der Waals surface area contributed by atoms with Crippen LogP contribution in [0.5, 0.6) is 11.5 Å². The van der Waals surface area contributed by atoms with Gasteiger partial charge in [0.2, 0.25) is 0 Å². The van der Waals surface area contributed by atoms with Gasteiger partial charge in [0.05, 0.1) is 24.9 Å². The van der Waals surface area contributed by atoms with Crippen LogP contribution in [0, 0.1) is 0 Å². The molecular formula is C21H22N2O5S2. The fourth-order valence-electron chi connectivity index (χ4n) is 2.98. The summed E-state index contributed by atoms with van der Waals surface area (Å²) in [5.41, 5.74) is 0.946. The summed E-state index contributed by atoms with van der Waals surface area (Å²) in [6, 6.07) is 9.51. The van der Waals surface area contributed by atoms with Crippen LogP contribution in [0.25, 0.3) is 10.2 Å². The highest BCUT2D eigenvalue weighted by Gasteiger charge is 2.17. The van der Waals surface area contributed by atoms with E-state index in [1.807, 2.05) is 4.57 Å². The van der Waals surface area contributed by atoms with Crippen LogP contribution in [-0.4, -0.2) is 38.9 Å². The largest absolute Gasteiger partial charge is 0.495 e. The van der Waals surface area contributed by atoms with Crippen molar-refractivity contribution in [2.45, 2.75) is 18.4 Å². The fourth-order valence-corrected chi connectivity index (χ4v) is 5.05. The number of fused-ring (bicyclic) bond motifs is 1. The summed E-state index contributed by atoms with van der Waals surface area (Å²) in [6.07, 6.45) is 1.70. The molecule has 3 rings (SSSR count). The number of aromatic nitrogens is 1. The van der Waals surface area contributed by atoms with E-state index in [0.29, 0.717) is 22.8 Å². The maximum Gasteiger partial charge on any atom is 0.279 e. The van der Waals surface area contributed by atoms with Crippen LogP contribution in [0.4, 0.5) is 0 Å². The van der Waals surface area contributed by atoms with Crippen LogP contribution in [0.15, 0.2) is 58.9 Å². The molecule has 0 N–H and O–H groups in total. The van der Waals surface area contributed by atoms with Crippen molar-refractivity contribution in [2.24, 2.45) is 4.99 Å². The van der Waals surface area contributed by atoms with Crippen molar-refractivity contribution in [3.63, 3.8) is 0 Å². The van der Waals surface area contributed by atoms with Gasteiger partial charge in [-0.25, -0.2) is 8.42 Å². The normalized spacial score (nSPS) is 12.2. The molecular weight excluding hydrogens is 424 g/mol. The zero-order valence-electron chi connectivity index (χ0n) is 16.9. The number of methoxy groups -OCH3 is 2. The molecule has 0 saturated carbocycles. The Bertz CT molecular complexity index is 1290. The van der Waals surface area contributed by atoms with Gasteiger partial charge in [0.15, 0.2) is 14.6 Å². The molecule has 0 unspecified atom stereocenters. The summed E-state index contributed by atoms with van der Waals surface area (Å²) < 4.78 is 37.8. The summed E-state index contributed by atoms with van der Waals surface area (Å²) in [4.78, 5) is 17.7. The third-order valence-electron chi connectivity index (χ3n) is 4.52. The smallest absolute Gasteiger partial charge is 0.279 e. The first kappa shape index (κ1) is 21.8. The van der Waals surface area contributed by atoms with Crippen molar-refractivity contribution in [3.8, 4) is 11.5 Å². The van der Waals surface area contributed by atoms with E-state index >= 15 is 0 Å². The average molecular weight is 447 g/mol. The lowest BCUT2D eigenvalue weighted by Gasteiger charge is -2.08. The van der Waals surface area contributed by atoms with E-state index in [9.17, 15) is 13.2 Å². The van der Waals surface area contributed by atoms with Crippen molar-refractivity contribution in [3.05, 3.63) is 59.4 Å². The summed E-state index contributed by atoms with van der Waals surface area (Å²) in [6.45, 7) is 5.75. The molecule has 0 spiro atoms. The number of amides is 1. The van der Waals surface area contributed by atoms with Gasteiger partial charge in [0.1, 0.15) is 21.7 Å². The van der Waals surface area contributed by atoms with Gasteiger partial charge in [0, 0.05) is 12.1 Å². The van der Waals surface area contributed by atoms with Crippen molar-refractivity contribution < 1.29 is 22.7 Å². The topological polar surface area (TPSA) is 87.0 Å². The molecule has 0 aliphatic rings. The first-order chi connectivity index (χ1) is 14.4. The number of hydrogen-bond acceptors (Lipinski definition) is 6. The van der Waals surface area contributed by atoms with E-state index < -0.39 is 15.7 Å². The maximum atomic E-state index is 12.9. The molecule has 0 bridgehead atoms. The minimum Gasteiger partial charge on any atom is -0.495 e. The highest BCUT2D eigenvalue weighted by atomic mass is 32.2. The summed E-state index contributed by atoms with van der Waals surface area (Å²) in [5.74, 6) is 0.676. The predicted molar refractivity (Wildman–Crippen MR) is 117 cm³/mol. The Morgan fingerprint density at radius 3 is 2.53 bits per heavy atom. The zero-order valence-corrected chi connectivity index (χ0v) is 18.5. The Morgan fingerprint density at radius 2 is 1.90 bits per heavy atom. The van der Waals surface area contributed by atoms with Gasteiger partial charge in [0.25, 0.3) is 5.91 Å². The molecule has 0 saturated heterocycles. The molecule has 158 valence electrons. The molecule has 1 heterocycles. The standard InChI is InChI=1S/C21H22N2O5S2/c1-5-12-23-18-16(27-3)10-11-17(28-4)19(18)29-21(23)22-20(24)14-8-7-9-15(13-14)30(25,26)6-2/h5,7-11,13H,1,6,12H2,2-4H3. The molecule has 3 aromatic rings. The van der Waals surface area contributed by atoms with E-state index in [4.69, 9.17) is 9.47 Å². The Balaban J connectivity index is 2.21. The molecule has 0 atom stereocenters. The Labute approximate surface area is 178 Å². The van der Waals surface area contributed by atoms with Crippen LogP contribution in [0.3, 0.4) is 0 Å². The van der Waals surface area contributed by atoms with Gasteiger partial charge < -0.3 is 14.0 Å². The van der Waals surface area contributed by atoms with E-state index in [1.54, 1.807) is 51.5 Å². The maximum absolute atomic E-state index is 12.9. The molecule has 0 aliphatic heterocycles. The van der Waals surface area contributed by atoms with E-state index in [1.165, 1.54) is 23.5 Å². The molecule has 0 fully saturated rings. The zero-order chi connectivity index (χ0) is 21.9. The van der Waals surface area contributed by atoms with Crippen molar-refractivity contribution in [2.75, 3.05) is 20.0 Å². The van der Waals surface area contributed by atoms with Gasteiger partial charge >= 0.3 is 0 Å². The lowest BCUT2D eigenvalue weighted by Crippen LogP contribution is -2.16. The molecule has 0 aliphatic carbocycles. The number of sulfone groups is 1. The van der Waals surface area contributed by atoms with Crippen molar-refractivity contribution in [1.82, 2.24) is 4.57 Å². The molecule has 30 heavy (non-hydrogen) atoms. The number of rotatable bonds is 7. The van der Waals surface area contributed by atoms with Crippen LogP contribution in [0.2, 0.25) is 0 Å². The SMILES string of the molecule is C=CCn1c(=NC(=O)c2cccc(S(=O)(=O)CC)c2)sc2c(OC)ccc(OC)c21. The highest BCUT2D eigenvalue weighted by molar-refractivity contribution is 7.91. The molecule has 0 radical (unpaired) electrons. The lowest BCUT2D eigenvalue weighted by molar-refractivity contribution is 0.0997. The minimum atomic E-state index is -3.43. The second kappa shape index (κ2) is 8.85. The Kier molecular flexibility index (Phi) is 6.42. The van der Waals surface area contributed by atoms with Gasteiger partial charge in [-0.05, 0) is 30.3 Å². The quantitative estimate of drug-likeness (QED) is 0.519. The van der Waals surface area contributed by atoms with Crippen LogP contribution in [0.1, 0.15) is 17.3 Å². The van der Waals surface area contributed by atoms with Crippen LogP contribution in [-0.2, 0) is 16.4 Å². The summed E-state index contributed by atoms with van der Waals surface area (Å²) in [7, 11) is -0.287. The number of hydrogen-bond donors (Lipinski definition) is 0. The summed E-state index contributed by atoms with van der Waals surface area (Å²) in [5, 5.41) is 0. The Hall–Kier alpha value is -2.91. The second-order valence-corrected chi connectivity index (χ2v) is 9.54. The number of benzene rings is 2. The van der Waals surface area contributed by atoms with E-state index in [-0.39, 0.29) is 16.2 Å². The number of carbonyl (C=O) groups is 1. The van der Waals surface area contributed by atoms with Crippen molar-refractivity contribution in [1.29, 1.82) is 0 Å². The number of allylic oxidation sites excluding steroid dienone is 1. The van der Waals surface area contributed by atoms with Crippen LogP contribution < -0.4 is 14.3 Å². The molecule has 9 heteroatoms. The first-order valence-corrected chi connectivity index (χ1v) is 11.6. The molecule has 1 amide bonds. The van der Waals surface area contributed by atoms with Crippen molar-refractivity contribution >= 4 is 37.3 Å². The van der Waals surface area contributed by atoms with Gasteiger partial charge in [-0.2, -0.15) is 4.99 Å². The third kappa shape index (κ3) is 4.03. The first-order valence-electron chi connectivity index (χ1n) is 9.13. The average Bonchev–Trinajstić information content (AvgIpc) is 3.11. The fraction of sp³-hybridized carbons (Fsp3) is 0.238. The van der Waals surface area contributed by atoms with E-state index in [2.05, 4.69) is 11.6 Å². The molecule has 1 aromatic heterocycles. The summed E-state index contributed by atoms with van der Waals surface area (Å²) >= 11 is 1.29. The van der Waals surface area contributed by atoms with Gasteiger partial charge in [-0.3, -0.25) is 4.79 Å². The minimum absolute atomic E-state index is 0.0446. The monoisotopic (exact) mass is 446 g/mol. The van der Waals surface area contributed by atoms with Gasteiger partial charge in [-0.1, -0.05) is 30.4 Å². The third-order valence-corrected chi connectivity index (χ3v) is 7.35. The number of thiazole rings is 1. The van der Waals surface area contributed by atoms with E-state index in [0.717, 1.165) is 10.2 Å². The number of ether oxygens (including phenoxy) is 2. The second-order valence-electron chi connectivity index (χ2n) is 6.28. The lowest BCUT2D eigenvalue weighted by atomic mass is 10.2. The number of carbonyl (C=O) groups excluding carboxylic acids is 1. The molecule has 7 nitrogen and oxygen atoms in total. The predicted octanol–water partition coefficient (Wildman–Crippen LogP) is 3.44. The number of nitrogens with zero attached hydrogens (tertiary/aromatic N) is 2.